The number of hydrogen-bond acceptors (Lipinski definition) is 2. The van der Waals surface area contributed by atoms with E-state index in [2.05, 4.69) is 0 Å². The van der Waals surface area contributed by atoms with Crippen molar-refractivity contribution in [2.75, 3.05) is 0 Å². The van der Waals surface area contributed by atoms with E-state index in [0.29, 0.717) is 22.3 Å². The highest BCUT2D eigenvalue weighted by Gasteiger charge is 2.60. The summed E-state index contributed by atoms with van der Waals surface area (Å²) in [5, 5.41) is 10.8. The molecule has 3 nitrogen and oxygen atoms in total. The lowest BCUT2D eigenvalue weighted by molar-refractivity contribution is -0.246. The van der Waals surface area contributed by atoms with Crippen LogP contribution in [0.15, 0.2) is 66.7 Å². The standard InChI is InChI=1S/C21H13ClF3NO2/c22-26-19(27)14-5-3-4-12(10-14)13-8-9-16-15-6-1-2-7-17(15)20(28,18(16)11-13)21(23,24)25/h1-11,28H,(H,26,27). The van der Waals surface area contributed by atoms with Gasteiger partial charge in [0, 0.05) is 28.5 Å². The minimum Gasteiger partial charge on any atom is -0.372 e. The van der Waals surface area contributed by atoms with Crippen LogP contribution in [0.1, 0.15) is 21.5 Å². The maximum Gasteiger partial charge on any atom is 0.425 e. The fraction of sp³-hybridized carbons (Fsp3) is 0.0952. The number of carbonyl (C=O) groups is 1. The van der Waals surface area contributed by atoms with Gasteiger partial charge >= 0.3 is 6.18 Å². The van der Waals surface area contributed by atoms with Crippen LogP contribution in [0, 0.1) is 0 Å². The first-order chi connectivity index (χ1) is 13.3. The smallest absolute Gasteiger partial charge is 0.372 e. The largest absolute Gasteiger partial charge is 0.425 e. The van der Waals surface area contributed by atoms with Crippen LogP contribution in [-0.4, -0.2) is 17.2 Å². The molecule has 1 atom stereocenters. The molecular formula is C21H13ClF3NO2. The summed E-state index contributed by atoms with van der Waals surface area (Å²) >= 11 is 5.34. The lowest BCUT2D eigenvalue weighted by Crippen LogP contribution is -2.41. The van der Waals surface area contributed by atoms with E-state index in [9.17, 15) is 23.1 Å². The number of alkyl halides is 3. The Kier molecular flexibility index (Phi) is 4.21. The third kappa shape index (κ3) is 2.60. The maximum atomic E-state index is 13.9. The average Bonchev–Trinajstić information content (AvgIpc) is 2.97. The zero-order valence-corrected chi connectivity index (χ0v) is 15.0. The van der Waals surface area contributed by atoms with Crippen molar-refractivity contribution in [1.29, 1.82) is 0 Å². The molecule has 0 heterocycles. The Balaban J connectivity index is 1.91. The Morgan fingerprint density at radius 3 is 2.29 bits per heavy atom. The minimum atomic E-state index is -4.90. The van der Waals surface area contributed by atoms with Gasteiger partial charge < -0.3 is 5.11 Å². The molecule has 2 N–H and O–H groups in total. The summed E-state index contributed by atoms with van der Waals surface area (Å²) in [6, 6.07) is 16.8. The van der Waals surface area contributed by atoms with Crippen LogP contribution in [-0.2, 0) is 5.60 Å². The monoisotopic (exact) mass is 403 g/mol. The van der Waals surface area contributed by atoms with E-state index in [1.54, 1.807) is 36.4 Å². The van der Waals surface area contributed by atoms with Crippen LogP contribution in [0.5, 0.6) is 0 Å². The molecule has 3 aromatic carbocycles. The topological polar surface area (TPSA) is 49.3 Å². The summed E-state index contributed by atoms with van der Waals surface area (Å²) in [5.74, 6) is -0.524. The fourth-order valence-electron chi connectivity index (χ4n) is 3.64. The molecule has 0 aliphatic heterocycles. The molecule has 28 heavy (non-hydrogen) atoms. The quantitative estimate of drug-likeness (QED) is 0.590. The second kappa shape index (κ2) is 6.36. The van der Waals surface area contributed by atoms with Gasteiger partial charge in [-0.25, -0.2) is 0 Å². The van der Waals surface area contributed by atoms with Gasteiger partial charge in [0.25, 0.3) is 5.91 Å². The Morgan fingerprint density at radius 1 is 0.893 bits per heavy atom. The molecule has 3 aromatic rings. The highest BCUT2D eigenvalue weighted by molar-refractivity contribution is 6.24. The fourth-order valence-corrected chi connectivity index (χ4v) is 3.75. The first kappa shape index (κ1) is 18.5. The zero-order valence-electron chi connectivity index (χ0n) is 14.2. The number of nitrogens with one attached hydrogen (secondary N) is 1. The molecule has 0 saturated heterocycles. The van der Waals surface area contributed by atoms with Crippen LogP contribution in [0.2, 0.25) is 0 Å². The van der Waals surface area contributed by atoms with Gasteiger partial charge in [0.1, 0.15) is 0 Å². The molecule has 1 amide bonds. The molecule has 7 heteroatoms. The summed E-state index contributed by atoms with van der Waals surface area (Å²) in [6.45, 7) is 0. The van der Waals surface area contributed by atoms with E-state index < -0.39 is 17.7 Å². The summed E-state index contributed by atoms with van der Waals surface area (Å²) in [4.78, 5) is 13.7. The van der Waals surface area contributed by atoms with E-state index >= 15 is 0 Å². The molecule has 1 aliphatic rings. The normalized spacial score (nSPS) is 17.8. The predicted molar refractivity (Wildman–Crippen MR) is 99.7 cm³/mol. The number of halogens is 4. The van der Waals surface area contributed by atoms with Gasteiger partial charge in [0.2, 0.25) is 5.60 Å². The number of aliphatic hydroxyl groups is 1. The van der Waals surface area contributed by atoms with Crippen LogP contribution in [0.4, 0.5) is 13.2 Å². The van der Waals surface area contributed by atoms with Gasteiger partial charge in [-0.1, -0.05) is 48.5 Å². The van der Waals surface area contributed by atoms with Crippen molar-refractivity contribution in [3.8, 4) is 22.3 Å². The predicted octanol–water partition coefficient (Wildman–Crippen LogP) is 5.02. The van der Waals surface area contributed by atoms with Crippen molar-refractivity contribution in [3.05, 3.63) is 83.4 Å². The number of carbonyl (C=O) groups excluding carboxylic acids is 1. The Labute approximate surface area is 163 Å². The maximum absolute atomic E-state index is 13.9. The van der Waals surface area contributed by atoms with Crippen molar-refractivity contribution in [2.45, 2.75) is 11.8 Å². The van der Waals surface area contributed by atoms with Gasteiger partial charge in [-0.2, -0.15) is 13.2 Å². The van der Waals surface area contributed by atoms with Crippen LogP contribution >= 0.6 is 11.8 Å². The van der Waals surface area contributed by atoms with Gasteiger partial charge in [-0.15, -0.1) is 0 Å². The Morgan fingerprint density at radius 2 is 1.57 bits per heavy atom. The van der Waals surface area contributed by atoms with Gasteiger partial charge in [0.15, 0.2) is 0 Å². The molecule has 1 aliphatic carbocycles. The third-order valence-corrected chi connectivity index (χ3v) is 5.14. The van der Waals surface area contributed by atoms with Crippen molar-refractivity contribution < 1.29 is 23.1 Å². The van der Waals surface area contributed by atoms with E-state index in [1.165, 1.54) is 30.3 Å². The second-order valence-electron chi connectivity index (χ2n) is 6.52. The zero-order chi connectivity index (χ0) is 20.1. The number of hydrogen-bond donors (Lipinski definition) is 2. The van der Waals surface area contributed by atoms with Crippen molar-refractivity contribution in [3.63, 3.8) is 0 Å². The van der Waals surface area contributed by atoms with Crippen LogP contribution in [0.3, 0.4) is 0 Å². The number of amides is 1. The molecule has 0 radical (unpaired) electrons. The van der Waals surface area contributed by atoms with Crippen LogP contribution in [0.25, 0.3) is 22.3 Å². The lowest BCUT2D eigenvalue weighted by atomic mass is 9.89. The molecule has 0 fully saturated rings. The lowest BCUT2D eigenvalue weighted by Gasteiger charge is -2.28. The van der Waals surface area contributed by atoms with Crippen molar-refractivity contribution >= 4 is 17.7 Å². The summed E-state index contributed by atoms with van der Waals surface area (Å²) in [5.41, 5.74) is -1.61. The number of rotatable bonds is 2. The third-order valence-electron chi connectivity index (χ3n) is 4.97. The molecular weight excluding hydrogens is 391 g/mol. The highest BCUT2D eigenvalue weighted by Crippen LogP contribution is 2.55. The summed E-state index contributed by atoms with van der Waals surface area (Å²) < 4.78 is 41.8. The average molecular weight is 404 g/mol. The Hall–Kier alpha value is -2.83. The van der Waals surface area contributed by atoms with Gasteiger partial charge in [-0.3, -0.25) is 9.63 Å². The molecule has 4 rings (SSSR count). The highest BCUT2D eigenvalue weighted by atomic mass is 35.5. The van der Waals surface area contributed by atoms with Gasteiger partial charge in [0.05, 0.1) is 0 Å². The molecule has 142 valence electrons. The first-order valence-corrected chi connectivity index (χ1v) is 8.70. The molecule has 0 bridgehead atoms. The second-order valence-corrected chi connectivity index (χ2v) is 6.71. The van der Waals surface area contributed by atoms with Gasteiger partial charge in [-0.05, 0) is 40.5 Å². The number of benzene rings is 3. The van der Waals surface area contributed by atoms with E-state index in [1.807, 2.05) is 4.84 Å². The number of fused-ring (bicyclic) bond motifs is 3. The van der Waals surface area contributed by atoms with E-state index in [0.717, 1.165) is 0 Å². The summed E-state index contributed by atoms with van der Waals surface area (Å²) in [7, 11) is 0. The first-order valence-electron chi connectivity index (χ1n) is 8.32. The van der Waals surface area contributed by atoms with E-state index in [4.69, 9.17) is 11.8 Å². The molecule has 1 unspecified atom stereocenters. The SMILES string of the molecule is O=C(NCl)c1cccc(-c2ccc3c(c2)C(O)(C(F)(F)F)c2ccccc2-3)c1. The Bertz CT molecular complexity index is 1100. The van der Waals surface area contributed by atoms with Crippen molar-refractivity contribution in [1.82, 2.24) is 4.84 Å². The van der Waals surface area contributed by atoms with Crippen molar-refractivity contribution in [2.24, 2.45) is 0 Å². The minimum absolute atomic E-state index is 0.190. The van der Waals surface area contributed by atoms with E-state index in [-0.39, 0.29) is 16.7 Å². The molecule has 0 aromatic heterocycles. The summed E-state index contributed by atoms with van der Waals surface area (Å²) in [6.07, 6.45) is -4.90. The molecule has 0 saturated carbocycles. The van der Waals surface area contributed by atoms with Crippen LogP contribution < -0.4 is 4.84 Å². The molecule has 0 spiro atoms.